The van der Waals surface area contributed by atoms with E-state index >= 15 is 0 Å². The first-order valence-corrected chi connectivity index (χ1v) is 11.6. The first kappa shape index (κ1) is 20.6. The highest BCUT2D eigenvalue weighted by Crippen LogP contribution is 2.27. The number of carbonyl (C=O) groups is 2. The molecule has 30 heavy (non-hydrogen) atoms. The minimum atomic E-state index is -3.55. The van der Waals surface area contributed by atoms with Gasteiger partial charge in [-0.15, -0.1) is 0 Å². The van der Waals surface area contributed by atoms with Crippen LogP contribution in [0, 0.1) is 12.8 Å². The van der Waals surface area contributed by atoms with Gasteiger partial charge in [-0.05, 0) is 50.1 Å². The van der Waals surface area contributed by atoms with Crippen molar-refractivity contribution < 1.29 is 18.0 Å². The Balaban J connectivity index is 1.45. The van der Waals surface area contributed by atoms with Crippen molar-refractivity contribution >= 4 is 33.2 Å². The highest BCUT2D eigenvalue weighted by atomic mass is 32.2. The fraction of sp³-hybridized carbons (Fsp3) is 0.364. The summed E-state index contributed by atoms with van der Waals surface area (Å²) < 4.78 is 27.0. The highest BCUT2D eigenvalue weighted by molar-refractivity contribution is 7.89. The van der Waals surface area contributed by atoms with Gasteiger partial charge < -0.3 is 10.2 Å². The second-order valence-electron chi connectivity index (χ2n) is 7.87. The molecular formula is C22H25N3O4S. The monoisotopic (exact) mass is 427 g/mol. The van der Waals surface area contributed by atoms with Crippen molar-refractivity contribution in [1.82, 2.24) is 4.31 Å². The molecule has 158 valence electrons. The van der Waals surface area contributed by atoms with E-state index in [1.165, 1.54) is 10.4 Å². The summed E-state index contributed by atoms with van der Waals surface area (Å²) in [5, 5.41) is 2.79. The van der Waals surface area contributed by atoms with Gasteiger partial charge >= 0.3 is 0 Å². The Morgan fingerprint density at radius 2 is 1.77 bits per heavy atom. The maximum absolute atomic E-state index is 12.8. The summed E-state index contributed by atoms with van der Waals surface area (Å²) in [6.07, 6.45) is 1.86. The van der Waals surface area contributed by atoms with Crippen molar-refractivity contribution in [3.05, 3.63) is 54.1 Å². The molecule has 8 heteroatoms. The van der Waals surface area contributed by atoms with Crippen molar-refractivity contribution in [2.45, 2.75) is 31.1 Å². The molecule has 0 radical (unpaired) electrons. The molecule has 4 rings (SSSR count). The van der Waals surface area contributed by atoms with Crippen LogP contribution in [0.5, 0.6) is 0 Å². The number of aryl methyl sites for hydroxylation is 1. The number of amides is 2. The Morgan fingerprint density at radius 3 is 2.47 bits per heavy atom. The Hall–Kier alpha value is -2.71. The lowest BCUT2D eigenvalue weighted by molar-refractivity contribution is -0.122. The average molecular weight is 428 g/mol. The summed E-state index contributed by atoms with van der Waals surface area (Å²) in [6.45, 7) is 3.33. The summed E-state index contributed by atoms with van der Waals surface area (Å²) in [6, 6.07) is 13.9. The largest absolute Gasteiger partial charge is 0.326 e. The molecule has 2 amide bonds. The number of nitrogens with zero attached hydrogens (tertiary/aromatic N) is 2. The molecular weight excluding hydrogens is 402 g/mol. The van der Waals surface area contributed by atoms with Crippen LogP contribution in [0.3, 0.4) is 0 Å². The normalized spacial score (nSPS) is 20.0. The van der Waals surface area contributed by atoms with Crippen LogP contribution in [0.15, 0.2) is 53.4 Å². The second-order valence-corrected chi connectivity index (χ2v) is 9.81. The van der Waals surface area contributed by atoms with Gasteiger partial charge in [0.1, 0.15) is 0 Å². The molecule has 2 fully saturated rings. The van der Waals surface area contributed by atoms with E-state index in [-0.39, 0.29) is 23.1 Å². The summed E-state index contributed by atoms with van der Waals surface area (Å²) in [7, 11) is -3.55. The van der Waals surface area contributed by atoms with Gasteiger partial charge in [-0.25, -0.2) is 8.42 Å². The third-order valence-electron chi connectivity index (χ3n) is 5.65. The number of hydrogen-bond acceptors (Lipinski definition) is 4. The Labute approximate surface area is 176 Å². The molecule has 2 heterocycles. The van der Waals surface area contributed by atoms with Gasteiger partial charge in [-0.3, -0.25) is 9.59 Å². The third-order valence-corrected chi connectivity index (χ3v) is 7.54. The van der Waals surface area contributed by atoms with E-state index in [4.69, 9.17) is 0 Å². The van der Waals surface area contributed by atoms with Gasteiger partial charge in [0.2, 0.25) is 21.8 Å². The molecule has 0 aliphatic carbocycles. The van der Waals surface area contributed by atoms with E-state index < -0.39 is 15.9 Å². The van der Waals surface area contributed by atoms with Crippen LogP contribution in [-0.4, -0.2) is 44.2 Å². The SMILES string of the molecule is Cc1ccc(N2CC(C(=O)Nc3cccc(S(=O)(=O)N4CCCC4)c3)CC2=O)cc1. The van der Waals surface area contributed by atoms with Crippen molar-refractivity contribution in [2.24, 2.45) is 5.92 Å². The van der Waals surface area contributed by atoms with Gasteiger partial charge in [0.15, 0.2) is 0 Å². The molecule has 2 aromatic carbocycles. The van der Waals surface area contributed by atoms with Crippen molar-refractivity contribution in [3.8, 4) is 0 Å². The number of benzene rings is 2. The minimum Gasteiger partial charge on any atom is -0.326 e. The van der Waals surface area contributed by atoms with Gasteiger partial charge in [0.25, 0.3) is 0 Å². The van der Waals surface area contributed by atoms with Crippen LogP contribution in [0.2, 0.25) is 0 Å². The number of sulfonamides is 1. The predicted molar refractivity (Wildman–Crippen MR) is 115 cm³/mol. The molecule has 2 saturated heterocycles. The third kappa shape index (κ3) is 4.11. The summed E-state index contributed by atoms with van der Waals surface area (Å²) in [4.78, 5) is 27.0. The van der Waals surface area contributed by atoms with Gasteiger partial charge in [-0.1, -0.05) is 23.8 Å². The number of anilines is 2. The maximum atomic E-state index is 12.8. The second kappa shape index (κ2) is 8.20. The zero-order valence-corrected chi connectivity index (χ0v) is 17.7. The highest BCUT2D eigenvalue weighted by Gasteiger charge is 2.35. The van der Waals surface area contributed by atoms with Crippen LogP contribution >= 0.6 is 0 Å². The lowest BCUT2D eigenvalue weighted by Crippen LogP contribution is -2.29. The quantitative estimate of drug-likeness (QED) is 0.795. The number of hydrogen-bond donors (Lipinski definition) is 1. The number of nitrogens with one attached hydrogen (secondary N) is 1. The molecule has 0 aromatic heterocycles. The molecule has 2 aliphatic heterocycles. The molecule has 1 atom stereocenters. The van der Waals surface area contributed by atoms with Crippen LogP contribution < -0.4 is 10.2 Å². The van der Waals surface area contributed by atoms with Crippen LogP contribution in [0.4, 0.5) is 11.4 Å². The van der Waals surface area contributed by atoms with E-state index in [2.05, 4.69) is 5.32 Å². The van der Waals surface area contributed by atoms with E-state index in [0.717, 1.165) is 24.1 Å². The maximum Gasteiger partial charge on any atom is 0.243 e. The summed E-state index contributed by atoms with van der Waals surface area (Å²) in [5.74, 6) is -0.865. The lowest BCUT2D eigenvalue weighted by atomic mass is 10.1. The van der Waals surface area contributed by atoms with Gasteiger partial charge in [0, 0.05) is 37.4 Å². The predicted octanol–water partition coefficient (Wildman–Crippen LogP) is 2.77. The first-order chi connectivity index (χ1) is 14.3. The van der Waals surface area contributed by atoms with E-state index in [1.54, 1.807) is 23.1 Å². The van der Waals surface area contributed by atoms with Crippen LogP contribution in [-0.2, 0) is 19.6 Å². The molecule has 0 saturated carbocycles. The summed E-state index contributed by atoms with van der Waals surface area (Å²) in [5.41, 5.74) is 2.30. The van der Waals surface area contributed by atoms with Crippen LogP contribution in [0.1, 0.15) is 24.8 Å². The van der Waals surface area contributed by atoms with E-state index in [1.807, 2.05) is 31.2 Å². The van der Waals surface area contributed by atoms with E-state index in [0.29, 0.717) is 25.3 Å². The smallest absolute Gasteiger partial charge is 0.243 e. The zero-order valence-electron chi connectivity index (χ0n) is 16.9. The van der Waals surface area contributed by atoms with E-state index in [9.17, 15) is 18.0 Å². The molecule has 0 spiro atoms. The van der Waals surface area contributed by atoms with Crippen molar-refractivity contribution in [2.75, 3.05) is 29.9 Å². The standard InChI is InChI=1S/C22H25N3O4S/c1-16-7-9-19(10-8-16)25-15-17(13-21(25)26)22(27)23-18-5-4-6-20(14-18)30(28,29)24-11-2-3-12-24/h4-10,14,17H,2-3,11-13,15H2,1H3,(H,23,27). The molecule has 1 N–H and O–H groups in total. The molecule has 1 unspecified atom stereocenters. The molecule has 0 bridgehead atoms. The minimum absolute atomic E-state index is 0.0932. The lowest BCUT2D eigenvalue weighted by Gasteiger charge is -2.18. The Morgan fingerprint density at radius 1 is 1.07 bits per heavy atom. The van der Waals surface area contributed by atoms with Gasteiger partial charge in [0.05, 0.1) is 10.8 Å². The Kier molecular flexibility index (Phi) is 5.62. The average Bonchev–Trinajstić information content (AvgIpc) is 3.39. The van der Waals surface area contributed by atoms with Crippen molar-refractivity contribution in [1.29, 1.82) is 0 Å². The zero-order chi connectivity index (χ0) is 21.3. The van der Waals surface area contributed by atoms with Crippen molar-refractivity contribution in [3.63, 3.8) is 0 Å². The molecule has 7 nitrogen and oxygen atoms in total. The number of carbonyl (C=O) groups excluding carboxylic acids is 2. The topological polar surface area (TPSA) is 86.8 Å². The molecule has 2 aromatic rings. The Bertz CT molecular complexity index is 1060. The molecule has 2 aliphatic rings. The fourth-order valence-electron chi connectivity index (χ4n) is 3.91. The fourth-order valence-corrected chi connectivity index (χ4v) is 5.48. The van der Waals surface area contributed by atoms with Gasteiger partial charge in [-0.2, -0.15) is 4.31 Å². The summed E-state index contributed by atoms with van der Waals surface area (Å²) >= 11 is 0. The first-order valence-electron chi connectivity index (χ1n) is 10.1. The number of rotatable bonds is 5. The van der Waals surface area contributed by atoms with Crippen LogP contribution in [0.25, 0.3) is 0 Å².